The van der Waals surface area contributed by atoms with Crippen molar-refractivity contribution in [1.29, 1.82) is 5.41 Å². The summed E-state index contributed by atoms with van der Waals surface area (Å²) in [5, 5.41) is 7.77. The third-order valence-electron chi connectivity index (χ3n) is 2.29. The Balaban J connectivity index is 2.25. The first kappa shape index (κ1) is 10.3. The third-order valence-corrected chi connectivity index (χ3v) is 3.28. The minimum atomic E-state index is -0.147. The summed E-state index contributed by atoms with van der Waals surface area (Å²) in [5.74, 6) is 2.04. The number of nitrogens with zero attached hydrogens (tertiary/aromatic N) is 1. The number of ether oxygens (including phenoxy) is 1. The quantitative estimate of drug-likeness (QED) is 0.797. The van der Waals surface area contributed by atoms with Crippen molar-refractivity contribution in [3.8, 4) is 5.75 Å². The van der Waals surface area contributed by atoms with Gasteiger partial charge in [-0.05, 0) is 24.3 Å². The molecule has 0 bridgehead atoms. The zero-order chi connectivity index (χ0) is 10.8. The molecular weight excluding hydrogens is 210 g/mol. The Morgan fingerprint density at radius 1 is 1.47 bits per heavy atom. The zero-order valence-electron chi connectivity index (χ0n) is 8.43. The summed E-state index contributed by atoms with van der Waals surface area (Å²) in [5.41, 5.74) is 6.68. The summed E-state index contributed by atoms with van der Waals surface area (Å²) >= 11 is 1.57. The van der Waals surface area contributed by atoms with E-state index >= 15 is 0 Å². The van der Waals surface area contributed by atoms with Crippen LogP contribution in [0.25, 0.3) is 0 Å². The molecule has 80 valence electrons. The van der Waals surface area contributed by atoms with Crippen molar-refractivity contribution in [3.63, 3.8) is 0 Å². The number of hydrogen-bond donors (Lipinski definition) is 2. The van der Waals surface area contributed by atoms with Crippen LogP contribution in [0.5, 0.6) is 5.75 Å². The van der Waals surface area contributed by atoms with E-state index in [4.69, 9.17) is 15.9 Å². The molecule has 4 nitrogen and oxygen atoms in total. The number of amidine groups is 1. The first-order valence-corrected chi connectivity index (χ1v) is 5.65. The van der Waals surface area contributed by atoms with Crippen molar-refractivity contribution in [3.05, 3.63) is 24.3 Å². The summed E-state index contributed by atoms with van der Waals surface area (Å²) in [7, 11) is 1.63. The van der Waals surface area contributed by atoms with E-state index < -0.39 is 0 Å². The Kier molecular flexibility index (Phi) is 2.83. The number of hydrogen-bond acceptors (Lipinski definition) is 4. The minimum Gasteiger partial charge on any atom is -0.497 e. The second-order valence-electron chi connectivity index (χ2n) is 3.22. The van der Waals surface area contributed by atoms with Crippen molar-refractivity contribution in [1.82, 2.24) is 0 Å². The lowest BCUT2D eigenvalue weighted by atomic mass is 10.3. The highest BCUT2D eigenvalue weighted by Crippen LogP contribution is 2.28. The van der Waals surface area contributed by atoms with Gasteiger partial charge in [-0.3, -0.25) is 5.41 Å². The maximum atomic E-state index is 7.77. The van der Waals surface area contributed by atoms with Crippen LogP contribution in [0, 0.1) is 5.41 Å². The lowest BCUT2D eigenvalue weighted by Crippen LogP contribution is -2.37. The van der Waals surface area contributed by atoms with Crippen LogP contribution in [0.15, 0.2) is 24.3 Å². The number of methoxy groups -OCH3 is 1. The fourth-order valence-electron chi connectivity index (χ4n) is 1.51. The van der Waals surface area contributed by atoms with Crippen LogP contribution >= 0.6 is 11.8 Å². The molecule has 2 rings (SSSR count). The van der Waals surface area contributed by atoms with Crippen LogP contribution in [-0.2, 0) is 0 Å². The number of anilines is 1. The molecule has 0 saturated carbocycles. The van der Waals surface area contributed by atoms with Gasteiger partial charge in [-0.2, -0.15) is 0 Å². The first-order chi connectivity index (χ1) is 7.22. The van der Waals surface area contributed by atoms with Gasteiger partial charge in [0, 0.05) is 5.69 Å². The first-order valence-electron chi connectivity index (χ1n) is 4.60. The monoisotopic (exact) mass is 223 g/mol. The minimum absolute atomic E-state index is 0.147. The maximum absolute atomic E-state index is 7.77. The molecule has 0 aliphatic carbocycles. The molecule has 3 N–H and O–H groups in total. The van der Waals surface area contributed by atoms with E-state index in [-0.39, 0.29) is 5.50 Å². The van der Waals surface area contributed by atoms with Gasteiger partial charge < -0.3 is 15.4 Å². The van der Waals surface area contributed by atoms with E-state index in [2.05, 4.69) is 0 Å². The van der Waals surface area contributed by atoms with Crippen LogP contribution in [0.1, 0.15) is 0 Å². The van der Waals surface area contributed by atoms with E-state index in [9.17, 15) is 0 Å². The fourth-order valence-corrected chi connectivity index (χ4v) is 2.37. The molecule has 1 atom stereocenters. The van der Waals surface area contributed by atoms with E-state index in [1.807, 2.05) is 29.2 Å². The number of nitrogens with one attached hydrogen (secondary N) is 1. The number of thioether (sulfide) groups is 1. The van der Waals surface area contributed by atoms with Crippen LogP contribution in [0.4, 0.5) is 5.69 Å². The predicted molar refractivity (Wildman–Crippen MR) is 63.6 cm³/mol. The van der Waals surface area contributed by atoms with Gasteiger partial charge in [0.1, 0.15) is 17.1 Å². The molecule has 0 amide bonds. The fraction of sp³-hybridized carbons (Fsp3) is 0.300. The average Bonchev–Trinajstić information content (AvgIpc) is 2.59. The van der Waals surface area contributed by atoms with Crippen LogP contribution in [0.3, 0.4) is 0 Å². The summed E-state index contributed by atoms with van der Waals surface area (Å²) in [6, 6.07) is 7.58. The summed E-state index contributed by atoms with van der Waals surface area (Å²) in [6.45, 7) is 0. The van der Waals surface area contributed by atoms with E-state index in [1.54, 1.807) is 18.9 Å². The van der Waals surface area contributed by atoms with Gasteiger partial charge >= 0.3 is 0 Å². The highest BCUT2D eigenvalue weighted by molar-refractivity contribution is 8.01. The van der Waals surface area contributed by atoms with Gasteiger partial charge in [0.25, 0.3) is 0 Å². The summed E-state index contributed by atoms with van der Waals surface area (Å²) in [4.78, 5) is 1.82. The molecule has 0 aromatic heterocycles. The van der Waals surface area contributed by atoms with Crippen molar-refractivity contribution in [2.24, 2.45) is 5.73 Å². The topological polar surface area (TPSA) is 62.3 Å². The number of nitrogens with two attached hydrogens (primary N) is 1. The van der Waals surface area contributed by atoms with Crippen LogP contribution < -0.4 is 15.4 Å². The van der Waals surface area contributed by atoms with E-state index in [1.165, 1.54) is 0 Å². The maximum Gasteiger partial charge on any atom is 0.131 e. The molecule has 1 saturated heterocycles. The summed E-state index contributed by atoms with van der Waals surface area (Å²) < 4.78 is 5.08. The highest BCUT2D eigenvalue weighted by Gasteiger charge is 2.26. The van der Waals surface area contributed by atoms with Crippen molar-refractivity contribution < 1.29 is 4.74 Å². The molecular formula is C10H13N3OS. The number of benzene rings is 1. The standard InChI is InChI=1S/C10H13N3OS/c1-14-8-4-2-7(3-5-8)13-9(11)6-15-10(13)12/h2-5,10-11H,6,12H2,1H3. The van der Waals surface area contributed by atoms with Crippen LogP contribution in [0.2, 0.25) is 0 Å². The van der Waals surface area contributed by atoms with Gasteiger partial charge in [-0.15, -0.1) is 11.8 Å². The summed E-state index contributed by atoms with van der Waals surface area (Å²) in [6.07, 6.45) is 0. The molecule has 1 aliphatic rings. The van der Waals surface area contributed by atoms with E-state index in [0.29, 0.717) is 11.6 Å². The molecule has 1 aromatic carbocycles. The zero-order valence-corrected chi connectivity index (χ0v) is 9.25. The Bertz CT molecular complexity index is 365. The van der Waals surface area contributed by atoms with Gasteiger partial charge in [0.15, 0.2) is 0 Å². The Hall–Kier alpha value is -1.20. The smallest absolute Gasteiger partial charge is 0.131 e. The predicted octanol–water partition coefficient (Wildman–Crippen LogP) is 1.47. The molecule has 15 heavy (non-hydrogen) atoms. The Labute approximate surface area is 92.9 Å². The highest BCUT2D eigenvalue weighted by atomic mass is 32.2. The largest absolute Gasteiger partial charge is 0.497 e. The van der Waals surface area contributed by atoms with Crippen LogP contribution in [-0.4, -0.2) is 24.2 Å². The second-order valence-corrected chi connectivity index (χ2v) is 4.32. The third kappa shape index (κ3) is 1.93. The van der Waals surface area contributed by atoms with E-state index in [0.717, 1.165) is 11.4 Å². The number of rotatable bonds is 2. The second kappa shape index (κ2) is 4.12. The lowest BCUT2D eigenvalue weighted by Gasteiger charge is -2.22. The van der Waals surface area contributed by atoms with Gasteiger partial charge in [0.2, 0.25) is 0 Å². The average molecular weight is 223 g/mol. The Morgan fingerprint density at radius 2 is 2.13 bits per heavy atom. The van der Waals surface area contributed by atoms with Crippen molar-refractivity contribution >= 4 is 23.3 Å². The molecule has 1 fully saturated rings. The molecule has 5 heteroatoms. The molecule has 1 aromatic rings. The molecule has 1 unspecified atom stereocenters. The molecule has 1 aliphatic heterocycles. The molecule has 0 radical (unpaired) electrons. The van der Waals surface area contributed by atoms with Gasteiger partial charge in [0.05, 0.1) is 12.9 Å². The van der Waals surface area contributed by atoms with Crippen molar-refractivity contribution in [2.75, 3.05) is 17.8 Å². The molecule has 1 heterocycles. The molecule has 0 spiro atoms. The van der Waals surface area contributed by atoms with Gasteiger partial charge in [-0.1, -0.05) is 0 Å². The van der Waals surface area contributed by atoms with Crippen molar-refractivity contribution in [2.45, 2.75) is 5.50 Å². The SMILES string of the molecule is COc1ccc(N2C(=N)CSC2N)cc1. The lowest BCUT2D eigenvalue weighted by molar-refractivity contribution is 0.415. The Morgan fingerprint density at radius 3 is 2.60 bits per heavy atom. The normalized spacial score (nSPS) is 20.8. The van der Waals surface area contributed by atoms with Gasteiger partial charge in [-0.25, -0.2) is 0 Å².